The van der Waals surface area contributed by atoms with Crippen molar-refractivity contribution in [1.29, 1.82) is 0 Å². The van der Waals surface area contributed by atoms with Crippen LogP contribution in [0.1, 0.15) is 63.5 Å². The summed E-state index contributed by atoms with van der Waals surface area (Å²) in [5, 5.41) is 10.5. The molecule has 174 valence electrons. The highest BCUT2D eigenvalue weighted by atomic mass is 16.3. The summed E-state index contributed by atoms with van der Waals surface area (Å²) < 4.78 is 0. The molecule has 3 rings (SSSR count). The van der Waals surface area contributed by atoms with E-state index in [1.165, 1.54) is 32.1 Å². The van der Waals surface area contributed by atoms with E-state index in [1.54, 1.807) is 13.1 Å². The molecule has 0 saturated heterocycles. The first kappa shape index (κ1) is 25.5. The average Bonchev–Trinajstić information content (AvgIpc) is 2.76. The second-order valence-electron chi connectivity index (χ2n) is 9.28. The minimum absolute atomic E-state index is 0.234. The largest absolute Gasteiger partial charge is 0.506 e. The molecule has 1 aromatic rings. The van der Waals surface area contributed by atoms with Gasteiger partial charge >= 0.3 is 0 Å². The molecular weight excluding hydrogens is 398 g/mol. The summed E-state index contributed by atoms with van der Waals surface area (Å²) in [5.74, 6) is 3.34. The summed E-state index contributed by atoms with van der Waals surface area (Å²) in [6.07, 6.45) is 13.4. The van der Waals surface area contributed by atoms with Crippen LogP contribution in [0.3, 0.4) is 0 Å². The number of hydrogen-bond acceptors (Lipinski definition) is 5. The Labute approximate surface area is 193 Å². The number of nitrogens with zero attached hydrogens (tertiary/aromatic N) is 3. The summed E-state index contributed by atoms with van der Waals surface area (Å²) in [7, 11) is 3.60. The molecule has 0 amide bonds. The predicted molar refractivity (Wildman–Crippen MR) is 137 cm³/mol. The Bertz CT molecular complexity index is 917. The highest BCUT2D eigenvalue weighted by Crippen LogP contribution is 2.48. The van der Waals surface area contributed by atoms with Crippen LogP contribution in [0.25, 0.3) is 5.70 Å². The van der Waals surface area contributed by atoms with E-state index in [9.17, 15) is 5.11 Å². The summed E-state index contributed by atoms with van der Waals surface area (Å²) in [6.45, 7) is 8.60. The number of aliphatic imine (C=N–C) groups is 2. The molecule has 32 heavy (non-hydrogen) atoms. The number of rotatable bonds is 5. The highest BCUT2D eigenvalue weighted by molar-refractivity contribution is 6.06. The van der Waals surface area contributed by atoms with Crippen LogP contribution >= 0.6 is 0 Å². The zero-order valence-corrected chi connectivity index (χ0v) is 20.1. The van der Waals surface area contributed by atoms with Crippen molar-refractivity contribution in [3.63, 3.8) is 0 Å². The maximum absolute atomic E-state index is 10.5. The normalized spacial score (nSPS) is 18.2. The topological polar surface area (TPSA) is 100 Å². The molecule has 0 bridgehead atoms. The van der Waals surface area contributed by atoms with E-state index in [4.69, 9.17) is 17.9 Å². The van der Waals surface area contributed by atoms with Crippen LogP contribution in [0.4, 0.5) is 5.69 Å². The first-order chi connectivity index (χ1) is 15.2. The van der Waals surface area contributed by atoms with Gasteiger partial charge in [-0.25, -0.2) is 0 Å². The van der Waals surface area contributed by atoms with Crippen molar-refractivity contribution >= 4 is 23.9 Å². The minimum atomic E-state index is -0.289. The zero-order chi connectivity index (χ0) is 23.9. The van der Waals surface area contributed by atoms with E-state index < -0.39 is 0 Å². The number of amidine groups is 1. The molecule has 1 aromatic carbocycles. The fourth-order valence-electron chi connectivity index (χ4n) is 4.66. The highest BCUT2D eigenvalue weighted by Gasteiger charge is 2.37. The van der Waals surface area contributed by atoms with Gasteiger partial charge in [0.05, 0.1) is 11.4 Å². The molecular formula is C26H39N5O. The number of hydrogen-bond donors (Lipinski definition) is 3. The molecule has 6 heteroatoms. The molecule has 0 radical (unpaired) electrons. The lowest BCUT2D eigenvalue weighted by Crippen LogP contribution is -2.34. The van der Waals surface area contributed by atoms with Crippen LogP contribution < -0.4 is 16.4 Å². The van der Waals surface area contributed by atoms with Crippen LogP contribution in [0.5, 0.6) is 5.75 Å². The Morgan fingerprint density at radius 2 is 1.97 bits per heavy atom. The number of benzene rings is 1. The molecule has 1 fully saturated rings. The van der Waals surface area contributed by atoms with Crippen molar-refractivity contribution in [2.24, 2.45) is 26.9 Å². The maximum Gasteiger partial charge on any atom is 0.139 e. The van der Waals surface area contributed by atoms with Gasteiger partial charge in [0.25, 0.3) is 0 Å². The Kier molecular flexibility index (Phi) is 8.91. The van der Waals surface area contributed by atoms with Crippen LogP contribution in [0.2, 0.25) is 0 Å². The first-order valence-corrected chi connectivity index (χ1v) is 11.4. The van der Waals surface area contributed by atoms with Crippen molar-refractivity contribution in [2.75, 3.05) is 25.5 Å². The molecule has 5 N–H and O–H groups in total. The quantitative estimate of drug-likeness (QED) is 0.367. The van der Waals surface area contributed by atoms with E-state index >= 15 is 0 Å². The molecule has 0 unspecified atom stereocenters. The molecule has 2 aliphatic rings. The Balaban J connectivity index is 0.000000439. The van der Waals surface area contributed by atoms with Crippen LogP contribution in [0.15, 0.2) is 27.7 Å². The number of fused-ring (bicyclic) bond motifs is 1. The van der Waals surface area contributed by atoms with E-state index in [0.717, 1.165) is 28.1 Å². The van der Waals surface area contributed by atoms with Gasteiger partial charge in [-0.2, -0.15) is 0 Å². The van der Waals surface area contributed by atoms with Crippen LogP contribution in [-0.2, 0) is 6.42 Å². The third-order valence-corrected chi connectivity index (χ3v) is 6.33. The number of phenols is 1. The van der Waals surface area contributed by atoms with Crippen molar-refractivity contribution < 1.29 is 5.11 Å². The van der Waals surface area contributed by atoms with Crippen molar-refractivity contribution in [2.45, 2.75) is 64.8 Å². The van der Waals surface area contributed by atoms with Crippen molar-refractivity contribution in [3.8, 4) is 18.1 Å². The summed E-state index contributed by atoms with van der Waals surface area (Å²) in [4.78, 5) is 10.4. The molecule has 2 aliphatic carbocycles. The summed E-state index contributed by atoms with van der Waals surface area (Å²) in [5.41, 5.74) is 15.9. The van der Waals surface area contributed by atoms with Gasteiger partial charge < -0.3 is 21.5 Å². The number of anilines is 1. The number of terminal acetylenes is 1. The smallest absolute Gasteiger partial charge is 0.139 e. The molecule has 0 heterocycles. The molecule has 1 saturated carbocycles. The van der Waals surface area contributed by atoms with E-state index in [1.807, 2.05) is 18.0 Å². The summed E-state index contributed by atoms with van der Waals surface area (Å²) >= 11 is 0. The van der Waals surface area contributed by atoms with Gasteiger partial charge in [0, 0.05) is 44.2 Å². The van der Waals surface area contributed by atoms with E-state index in [-0.39, 0.29) is 11.2 Å². The zero-order valence-electron chi connectivity index (χ0n) is 20.1. The number of nitrogens with two attached hydrogens (primary N) is 2. The second kappa shape index (κ2) is 11.2. The Hall–Kier alpha value is -2.78. The monoisotopic (exact) mass is 437 g/mol. The Morgan fingerprint density at radius 1 is 1.31 bits per heavy atom. The standard InChI is InChI=1S/C20H26N4O.C6H13N/c1-7-8-11-24(6)18-14-12-20(2,3)16(19(21)23-5)17(22-4)13(14)9-10-15(18)25;7-6-4-2-1-3-5-6/h1,9-10,25H,4,8,11-12H2,2-3,5-6H3,(H2,21,23);6H,1-5,7H2. The number of aromatic hydroxyl groups is 1. The fraction of sp³-hybridized carbons (Fsp3) is 0.538. The molecule has 0 aromatic heterocycles. The predicted octanol–water partition coefficient (Wildman–Crippen LogP) is 4.11. The third-order valence-electron chi connectivity index (χ3n) is 6.33. The number of phenolic OH excluding ortho intramolecular Hbond substituents is 1. The molecule has 0 aliphatic heterocycles. The van der Waals surface area contributed by atoms with Gasteiger partial charge in [-0.3, -0.25) is 9.98 Å². The SMILES string of the molecule is C#CCCN(C)c1c(O)ccc2c1CC(C)(C)C(C(N)=NC)=C2N=C.NC1CCCCC1. The van der Waals surface area contributed by atoms with Crippen LogP contribution in [-0.4, -0.2) is 44.3 Å². The van der Waals surface area contributed by atoms with Gasteiger partial charge in [-0.05, 0) is 49.1 Å². The lowest BCUT2D eigenvalue weighted by molar-refractivity contribution is 0.441. The lowest BCUT2D eigenvalue weighted by Gasteiger charge is -2.37. The van der Waals surface area contributed by atoms with Gasteiger partial charge in [0.2, 0.25) is 0 Å². The van der Waals surface area contributed by atoms with Gasteiger partial charge in [0.1, 0.15) is 11.6 Å². The van der Waals surface area contributed by atoms with Crippen molar-refractivity contribution in [3.05, 3.63) is 28.8 Å². The van der Waals surface area contributed by atoms with Gasteiger partial charge in [0.15, 0.2) is 0 Å². The third kappa shape index (κ3) is 5.72. The maximum atomic E-state index is 10.5. The lowest BCUT2D eigenvalue weighted by atomic mass is 9.70. The van der Waals surface area contributed by atoms with Crippen molar-refractivity contribution in [1.82, 2.24) is 0 Å². The van der Waals surface area contributed by atoms with E-state index in [2.05, 4.69) is 36.5 Å². The average molecular weight is 438 g/mol. The van der Waals surface area contributed by atoms with Gasteiger partial charge in [-0.1, -0.05) is 33.1 Å². The Morgan fingerprint density at radius 3 is 2.47 bits per heavy atom. The first-order valence-electron chi connectivity index (χ1n) is 11.4. The molecule has 0 atom stereocenters. The summed E-state index contributed by atoms with van der Waals surface area (Å²) in [6, 6.07) is 4.08. The second-order valence-corrected chi connectivity index (χ2v) is 9.28. The molecule has 0 spiro atoms. The minimum Gasteiger partial charge on any atom is -0.506 e. The van der Waals surface area contributed by atoms with Crippen LogP contribution in [0, 0.1) is 17.8 Å². The molecule has 6 nitrogen and oxygen atoms in total. The van der Waals surface area contributed by atoms with Gasteiger partial charge in [-0.15, -0.1) is 12.3 Å². The fourth-order valence-corrected chi connectivity index (χ4v) is 4.66. The van der Waals surface area contributed by atoms with E-state index in [0.29, 0.717) is 31.3 Å².